The number of nitrogens with one attached hydrogen (secondary N) is 2. The van der Waals surface area contributed by atoms with Crippen LogP contribution >= 0.6 is 0 Å². The summed E-state index contributed by atoms with van der Waals surface area (Å²) in [4.78, 5) is 4.15. The first kappa shape index (κ1) is 14.5. The normalized spacial score (nSPS) is 11.6. The molecular formula is C14H17N3O2S. The second kappa shape index (κ2) is 6.02. The van der Waals surface area contributed by atoms with Crippen molar-refractivity contribution in [1.82, 2.24) is 9.71 Å². The van der Waals surface area contributed by atoms with Gasteiger partial charge in [-0.1, -0.05) is 12.1 Å². The van der Waals surface area contributed by atoms with Crippen LogP contribution in [-0.4, -0.2) is 19.4 Å². The maximum atomic E-state index is 12.3. The Hall–Kier alpha value is -1.92. The SMILES string of the molecule is CC(C)NS(=O)(=O)c1ccccc1Nc1ccncc1. The molecule has 0 fully saturated rings. The fourth-order valence-corrected chi connectivity index (χ4v) is 3.18. The lowest BCUT2D eigenvalue weighted by Crippen LogP contribution is -2.30. The standard InChI is InChI=1S/C14H17N3O2S/c1-11(2)17-20(18,19)14-6-4-3-5-13(14)16-12-7-9-15-10-8-12/h3-11,17H,1-2H3,(H,15,16). The highest BCUT2D eigenvalue weighted by Crippen LogP contribution is 2.24. The highest BCUT2D eigenvalue weighted by molar-refractivity contribution is 7.89. The molecule has 0 amide bonds. The van der Waals surface area contributed by atoms with Crippen molar-refractivity contribution >= 4 is 21.4 Å². The number of benzene rings is 1. The third-order valence-corrected chi connectivity index (χ3v) is 4.24. The van der Waals surface area contributed by atoms with Gasteiger partial charge >= 0.3 is 0 Å². The number of hydrogen-bond acceptors (Lipinski definition) is 4. The minimum atomic E-state index is -3.54. The molecule has 0 atom stereocenters. The molecule has 0 radical (unpaired) electrons. The van der Waals surface area contributed by atoms with Gasteiger partial charge in [-0.2, -0.15) is 0 Å². The monoisotopic (exact) mass is 291 g/mol. The van der Waals surface area contributed by atoms with Crippen LogP contribution in [0.25, 0.3) is 0 Å². The number of sulfonamides is 1. The van der Waals surface area contributed by atoms with Crippen LogP contribution in [0.15, 0.2) is 53.7 Å². The van der Waals surface area contributed by atoms with E-state index in [1.807, 2.05) is 0 Å². The lowest BCUT2D eigenvalue weighted by Gasteiger charge is -2.14. The zero-order chi connectivity index (χ0) is 14.6. The van der Waals surface area contributed by atoms with E-state index in [2.05, 4.69) is 15.0 Å². The molecule has 0 aliphatic carbocycles. The lowest BCUT2D eigenvalue weighted by molar-refractivity contribution is 0.570. The fourth-order valence-electron chi connectivity index (χ4n) is 1.77. The molecule has 0 unspecified atom stereocenters. The Bertz CT molecular complexity index is 670. The van der Waals surface area contributed by atoms with Crippen LogP contribution in [0.1, 0.15) is 13.8 Å². The van der Waals surface area contributed by atoms with Gasteiger partial charge in [-0.25, -0.2) is 13.1 Å². The van der Waals surface area contributed by atoms with Crippen LogP contribution in [0.4, 0.5) is 11.4 Å². The Kier molecular flexibility index (Phi) is 4.36. The number of hydrogen-bond donors (Lipinski definition) is 2. The molecule has 1 aromatic heterocycles. The molecule has 2 aromatic rings. The molecule has 2 N–H and O–H groups in total. The van der Waals surface area contributed by atoms with Gasteiger partial charge in [0, 0.05) is 24.1 Å². The molecule has 0 aliphatic rings. The number of pyridine rings is 1. The Balaban J connectivity index is 2.36. The van der Waals surface area contributed by atoms with Crippen molar-refractivity contribution in [2.75, 3.05) is 5.32 Å². The second-order valence-corrected chi connectivity index (χ2v) is 6.32. The minimum absolute atomic E-state index is 0.158. The zero-order valence-electron chi connectivity index (χ0n) is 11.4. The van der Waals surface area contributed by atoms with Crippen molar-refractivity contribution in [3.8, 4) is 0 Å². The van der Waals surface area contributed by atoms with Crippen molar-refractivity contribution in [3.63, 3.8) is 0 Å². The summed E-state index contributed by atoms with van der Waals surface area (Å²) < 4.78 is 27.2. The van der Waals surface area contributed by atoms with Crippen LogP contribution < -0.4 is 10.0 Å². The van der Waals surface area contributed by atoms with Gasteiger partial charge in [0.05, 0.1) is 5.69 Å². The zero-order valence-corrected chi connectivity index (χ0v) is 12.2. The van der Waals surface area contributed by atoms with E-state index in [0.29, 0.717) is 5.69 Å². The summed E-state index contributed by atoms with van der Waals surface area (Å²) in [7, 11) is -3.54. The summed E-state index contributed by atoms with van der Waals surface area (Å²) in [6.07, 6.45) is 3.29. The van der Waals surface area contributed by atoms with Gasteiger partial charge in [-0.05, 0) is 38.1 Å². The molecule has 1 aromatic carbocycles. The molecule has 0 spiro atoms. The first-order chi connectivity index (χ1) is 9.49. The summed E-state index contributed by atoms with van der Waals surface area (Å²) in [6.45, 7) is 3.58. The molecule has 20 heavy (non-hydrogen) atoms. The smallest absolute Gasteiger partial charge is 0.242 e. The van der Waals surface area contributed by atoms with Crippen LogP contribution in [0.3, 0.4) is 0 Å². The Labute approximate surface area is 119 Å². The molecule has 0 bridgehead atoms. The minimum Gasteiger partial charge on any atom is -0.354 e. The average molecular weight is 291 g/mol. The molecule has 106 valence electrons. The molecule has 0 saturated heterocycles. The molecule has 5 nitrogen and oxygen atoms in total. The largest absolute Gasteiger partial charge is 0.354 e. The topological polar surface area (TPSA) is 71.1 Å². The van der Waals surface area contributed by atoms with E-state index in [4.69, 9.17) is 0 Å². The van der Waals surface area contributed by atoms with E-state index < -0.39 is 10.0 Å². The average Bonchev–Trinajstić information content (AvgIpc) is 2.39. The van der Waals surface area contributed by atoms with Gasteiger partial charge in [0.15, 0.2) is 0 Å². The fraction of sp³-hybridized carbons (Fsp3) is 0.214. The van der Waals surface area contributed by atoms with Crippen molar-refractivity contribution in [2.45, 2.75) is 24.8 Å². The molecule has 0 saturated carbocycles. The number of nitrogens with zero attached hydrogens (tertiary/aromatic N) is 1. The quantitative estimate of drug-likeness (QED) is 0.888. The molecule has 2 rings (SSSR count). The maximum absolute atomic E-state index is 12.3. The summed E-state index contributed by atoms with van der Waals surface area (Å²) >= 11 is 0. The van der Waals surface area contributed by atoms with Crippen molar-refractivity contribution in [1.29, 1.82) is 0 Å². The van der Waals surface area contributed by atoms with E-state index in [1.165, 1.54) is 0 Å². The van der Waals surface area contributed by atoms with Crippen LogP contribution in [-0.2, 0) is 10.0 Å². The van der Waals surface area contributed by atoms with Gasteiger partial charge in [0.1, 0.15) is 4.90 Å². The Morgan fingerprint density at radius 2 is 1.70 bits per heavy atom. The highest BCUT2D eigenvalue weighted by atomic mass is 32.2. The van der Waals surface area contributed by atoms with Gasteiger partial charge in [-0.3, -0.25) is 4.98 Å². The first-order valence-electron chi connectivity index (χ1n) is 6.27. The molecule has 0 aliphatic heterocycles. The highest BCUT2D eigenvalue weighted by Gasteiger charge is 2.19. The van der Waals surface area contributed by atoms with Crippen LogP contribution in [0.2, 0.25) is 0 Å². The van der Waals surface area contributed by atoms with E-state index in [0.717, 1.165) is 5.69 Å². The molecule has 1 heterocycles. The first-order valence-corrected chi connectivity index (χ1v) is 7.76. The van der Waals surface area contributed by atoms with Gasteiger partial charge in [0.2, 0.25) is 10.0 Å². The van der Waals surface area contributed by atoms with Crippen molar-refractivity contribution in [3.05, 3.63) is 48.8 Å². The summed E-state index contributed by atoms with van der Waals surface area (Å²) in [6, 6.07) is 10.2. The van der Waals surface area contributed by atoms with Gasteiger partial charge in [-0.15, -0.1) is 0 Å². The number of aromatic nitrogens is 1. The van der Waals surface area contributed by atoms with Crippen LogP contribution in [0, 0.1) is 0 Å². The maximum Gasteiger partial charge on any atom is 0.242 e. The molecule has 6 heteroatoms. The summed E-state index contributed by atoms with van der Waals surface area (Å²) in [5.74, 6) is 0. The van der Waals surface area contributed by atoms with E-state index in [9.17, 15) is 8.42 Å². The Morgan fingerprint density at radius 3 is 2.35 bits per heavy atom. The van der Waals surface area contributed by atoms with Gasteiger partial charge in [0.25, 0.3) is 0 Å². The van der Waals surface area contributed by atoms with Crippen molar-refractivity contribution in [2.24, 2.45) is 0 Å². The van der Waals surface area contributed by atoms with Crippen LogP contribution in [0.5, 0.6) is 0 Å². The lowest BCUT2D eigenvalue weighted by atomic mass is 10.3. The number of anilines is 2. The number of para-hydroxylation sites is 1. The predicted octanol–water partition coefficient (Wildman–Crippen LogP) is 2.51. The van der Waals surface area contributed by atoms with E-state index >= 15 is 0 Å². The van der Waals surface area contributed by atoms with Gasteiger partial charge < -0.3 is 5.32 Å². The number of rotatable bonds is 5. The summed E-state index contributed by atoms with van der Waals surface area (Å²) in [5.41, 5.74) is 1.32. The third-order valence-electron chi connectivity index (χ3n) is 2.53. The second-order valence-electron chi connectivity index (χ2n) is 4.63. The van der Waals surface area contributed by atoms with E-state index in [-0.39, 0.29) is 10.9 Å². The predicted molar refractivity (Wildman–Crippen MR) is 79.4 cm³/mol. The molecular weight excluding hydrogens is 274 g/mol. The summed E-state index contributed by atoms with van der Waals surface area (Å²) in [5, 5.41) is 3.09. The third kappa shape index (κ3) is 3.55. The van der Waals surface area contributed by atoms with E-state index in [1.54, 1.807) is 62.6 Å². The Morgan fingerprint density at radius 1 is 1.05 bits per heavy atom. The van der Waals surface area contributed by atoms with Crippen molar-refractivity contribution < 1.29 is 8.42 Å².